The van der Waals surface area contributed by atoms with Crippen LogP contribution in [0.4, 0.5) is 5.69 Å². The summed E-state index contributed by atoms with van der Waals surface area (Å²) in [6.07, 6.45) is 3.10. The largest absolute Gasteiger partial charge is 0.493 e. The molecule has 0 unspecified atom stereocenters. The van der Waals surface area contributed by atoms with Crippen LogP contribution < -0.4 is 25.1 Å². The molecule has 9 nitrogen and oxygen atoms in total. The van der Waals surface area contributed by atoms with Crippen molar-refractivity contribution in [1.29, 1.82) is 0 Å². The number of amides is 1. The number of nitrogens with one attached hydrogen (secondary N) is 2. The van der Waals surface area contributed by atoms with Crippen LogP contribution in [0, 0.1) is 0 Å². The molecule has 2 N–H and O–H groups in total. The van der Waals surface area contributed by atoms with E-state index in [1.165, 1.54) is 10.9 Å². The lowest BCUT2D eigenvalue weighted by Gasteiger charge is -2.33. The van der Waals surface area contributed by atoms with Gasteiger partial charge in [0.25, 0.3) is 18.6 Å². The maximum Gasteiger partial charge on any atom is 0.426 e. The van der Waals surface area contributed by atoms with Gasteiger partial charge in [0.15, 0.2) is 11.5 Å². The van der Waals surface area contributed by atoms with E-state index in [9.17, 15) is 9.59 Å². The zero-order chi connectivity index (χ0) is 18.5. The molecule has 0 spiro atoms. The summed E-state index contributed by atoms with van der Waals surface area (Å²) in [5.74, 6) is 1.26. The minimum atomic E-state index is -0.510. The van der Waals surface area contributed by atoms with Gasteiger partial charge in [-0.25, -0.2) is 4.79 Å². The third-order valence-corrected chi connectivity index (χ3v) is 4.36. The number of aromatic amines is 1. The van der Waals surface area contributed by atoms with Crippen molar-refractivity contribution in [3.8, 4) is 11.5 Å². The van der Waals surface area contributed by atoms with E-state index in [1.807, 2.05) is 18.2 Å². The minimum absolute atomic E-state index is 0.0504. The van der Waals surface area contributed by atoms with Crippen molar-refractivity contribution in [1.82, 2.24) is 10.2 Å². The fourth-order valence-corrected chi connectivity index (χ4v) is 3.09. The Labute approximate surface area is 150 Å². The second-order valence-electron chi connectivity index (χ2n) is 6.16. The summed E-state index contributed by atoms with van der Waals surface area (Å²) in [6, 6.07) is 5.79. The average Bonchev–Trinajstić information content (AvgIpc) is 3.06. The number of carbonyl (C=O) groups is 1. The molecule has 2 aromatic rings. The molecule has 1 aromatic heterocycles. The van der Waals surface area contributed by atoms with Crippen LogP contribution in [0.25, 0.3) is 0 Å². The van der Waals surface area contributed by atoms with Crippen LogP contribution in [0.15, 0.2) is 33.7 Å². The molecule has 1 atom stereocenters. The summed E-state index contributed by atoms with van der Waals surface area (Å²) in [5, 5.41) is 5.84. The summed E-state index contributed by atoms with van der Waals surface area (Å²) in [4.78, 5) is 25.3. The van der Waals surface area contributed by atoms with Gasteiger partial charge < -0.3 is 19.7 Å². The molecule has 9 heteroatoms. The number of aromatic nitrogens is 2. The van der Waals surface area contributed by atoms with Crippen molar-refractivity contribution in [2.75, 3.05) is 32.6 Å². The number of benzene rings is 1. The number of hydrogen-bond acceptors (Lipinski definition) is 6. The number of likely N-dealkylation sites (tertiary alicyclic amines) is 1. The third kappa shape index (κ3) is 4.16. The van der Waals surface area contributed by atoms with Gasteiger partial charge in [0.2, 0.25) is 0 Å². The molecule has 140 valence electrons. The van der Waals surface area contributed by atoms with Crippen molar-refractivity contribution in [3.63, 3.8) is 0 Å². The summed E-state index contributed by atoms with van der Waals surface area (Å²) in [7, 11) is 3.20. The van der Waals surface area contributed by atoms with Gasteiger partial charge in [-0.1, -0.05) is 4.68 Å². The number of piperidine rings is 1. The highest BCUT2D eigenvalue weighted by atomic mass is 16.5. The topological polar surface area (TPSA) is 101 Å². The van der Waals surface area contributed by atoms with E-state index in [0.717, 1.165) is 18.5 Å². The Morgan fingerprint density at radius 2 is 2.19 bits per heavy atom. The molecule has 0 bridgehead atoms. The molecular weight excluding hydrogens is 340 g/mol. The van der Waals surface area contributed by atoms with E-state index in [0.29, 0.717) is 24.6 Å². The number of H-pyrrole nitrogens is 1. The van der Waals surface area contributed by atoms with E-state index in [-0.39, 0.29) is 18.5 Å². The summed E-state index contributed by atoms with van der Waals surface area (Å²) in [6.45, 7) is 1.34. The smallest absolute Gasteiger partial charge is 0.426 e. The van der Waals surface area contributed by atoms with Gasteiger partial charge in [-0.05, 0) is 30.2 Å². The number of methoxy groups -OCH3 is 2. The first-order valence-corrected chi connectivity index (χ1v) is 8.43. The highest BCUT2D eigenvalue weighted by Crippen LogP contribution is 2.30. The van der Waals surface area contributed by atoms with Gasteiger partial charge in [0.05, 0.1) is 14.2 Å². The van der Waals surface area contributed by atoms with E-state index < -0.39 is 5.63 Å². The Morgan fingerprint density at radius 3 is 2.88 bits per heavy atom. The third-order valence-electron chi connectivity index (χ3n) is 4.36. The molecule has 2 heterocycles. The highest BCUT2D eigenvalue weighted by Gasteiger charge is 2.26. The van der Waals surface area contributed by atoms with E-state index in [1.54, 1.807) is 19.1 Å². The summed E-state index contributed by atoms with van der Waals surface area (Å²) in [5.41, 5.74) is 0.403. The zero-order valence-electron chi connectivity index (χ0n) is 14.9. The fraction of sp³-hybridized carbons (Fsp3) is 0.471. The maximum atomic E-state index is 12.4. The van der Waals surface area contributed by atoms with Crippen LogP contribution >= 0.6 is 0 Å². The van der Waals surface area contributed by atoms with Crippen molar-refractivity contribution in [2.24, 2.45) is 0 Å². The molecule has 26 heavy (non-hydrogen) atoms. The Balaban J connectivity index is 1.61. The normalized spacial score (nSPS) is 17.0. The van der Waals surface area contributed by atoms with Gasteiger partial charge in [-0.3, -0.25) is 9.32 Å². The van der Waals surface area contributed by atoms with Crippen molar-refractivity contribution in [3.05, 3.63) is 34.8 Å². The average molecular weight is 363 g/mol. The Morgan fingerprint density at radius 1 is 1.38 bits per heavy atom. The molecule has 0 aliphatic carbocycles. The zero-order valence-corrected chi connectivity index (χ0v) is 14.9. The molecule has 1 aliphatic rings. The number of hydrogen-bond donors (Lipinski definition) is 2. The Hall–Kier alpha value is -2.97. The lowest BCUT2D eigenvalue weighted by atomic mass is 10.0. The van der Waals surface area contributed by atoms with Crippen LogP contribution in [0.3, 0.4) is 0 Å². The first-order valence-electron chi connectivity index (χ1n) is 8.43. The molecule has 3 rings (SSSR count). The molecule has 0 radical (unpaired) electrons. The first kappa shape index (κ1) is 17.8. The number of ether oxygens (including phenoxy) is 2. The first-order chi connectivity index (χ1) is 12.6. The Kier molecular flexibility index (Phi) is 5.45. The maximum absolute atomic E-state index is 12.4. The number of carbonyl (C=O) groups excluding carboxylic acids is 1. The predicted octanol–water partition coefficient (Wildman–Crippen LogP) is 0.376. The highest BCUT2D eigenvalue weighted by molar-refractivity contribution is 5.74. The fourth-order valence-electron chi connectivity index (χ4n) is 3.09. The van der Waals surface area contributed by atoms with E-state index in [2.05, 4.69) is 15.1 Å². The quantitative estimate of drug-likeness (QED) is 0.720. The van der Waals surface area contributed by atoms with Crippen molar-refractivity contribution >= 4 is 11.6 Å². The molecule has 1 amide bonds. The SMILES string of the molecule is COc1ccc(N[C@@H]2CCCN(C(=O)C[n+]3cc(=O)o[nH]3)C2)cc1OC. The van der Waals surface area contributed by atoms with Crippen LogP contribution in [0.1, 0.15) is 12.8 Å². The molecule has 1 aromatic carbocycles. The lowest BCUT2D eigenvalue weighted by Crippen LogP contribution is -2.51. The van der Waals surface area contributed by atoms with Crippen molar-refractivity contribution in [2.45, 2.75) is 25.4 Å². The summed E-state index contributed by atoms with van der Waals surface area (Å²) < 4.78 is 16.5. The van der Waals surface area contributed by atoms with Gasteiger partial charge >= 0.3 is 5.63 Å². The van der Waals surface area contributed by atoms with Gasteiger partial charge in [0, 0.05) is 30.9 Å². The van der Waals surface area contributed by atoms with Gasteiger partial charge in [0.1, 0.15) is 0 Å². The monoisotopic (exact) mass is 363 g/mol. The van der Waals surface area contributed by atoms with Gasteiger partial charge in [-0.15, -0.1) is 0 Å². The standard InChI is InChI=1S/C17H22N4O5/c1-24-14-6-5-12(8-15(14)25-2)18-13-4-3-7-20(9-13)16(22)10-21-11-17(23)26-19-21/h5-6,8,11,13,18H,3-4,7,9-10H2,1-2H3/p+1/t13-/m1/s1. The number of nitrogens with zero attached hydrogens (tertiary/aromatic N) is 2. The predicted molar refractivity (Wildman–Crippen MR) is 92.3 cm³/mol. The van der Waals surface area contributed by atoms with Crippen LogP contribution in [0.2, 0.25) is 0 Å². The van der Waals surface area contributed by atoms with Gasteiger partial charge in [-0.2, -0.15) is 0 Å². The second kappa shape index (κ2) is 7.94. The van der Waals surface area contributed by atoms with Crippen molar-refractivity contribution < 1.29 is 23.5 Å². The number of anilines is 1. The molecule has 1 saturated heterocycles. The number of rotatable bonds is 6. The lowest BCUT2D eigenvalue weighted by molar-refractivity contribution is -0.751. The van der Waals surface area contributed by atoms with E-state index in [4.69, 9.17) is 9.47 Å². The Bertz CT molecular complexity index is 815. The summed E-state index contributed by atoms with van der Waals surface area (Å²) >= 11 is 0. The van der Waals surface area contributed by atoms with Crippen LogP contribution in [-0.2, 0) is 11.3 Å². The molecule has 1 aliphatic heterocycles. The molecule has 1 fully saturated rings. The molecule has 0 saturated carbocycles. The minimum Gasteiger partial charge on any atom is -0.493 e. The molecular formula is C17H23N4O5+. The van der Waals surface area contributed by atoms with Crippen LogP contribution in [0.5, 0.6) is 11.5 Å². The van der Waals surface area contributed by atoms with Crippen LogP contribution in [-0.4, -0.2) is 49.4 Å². The second-order valence-corrected chi connectivity index (χ2v) is 6.16. The van der Waals surface area contributed by atoms with E-state index >= 15 is 0 Å².